The maximum absolute atomic E-state index is 13.7. The molecule has 0 aliphatic carbocycles. The van der Waals surface area contributed by atoms with Crippen LogP contribution in [-0.2, 0) is 9.59 Å². The van der Waals surface area contributed by atoms with Crippen LogP contribution in [0.3, 0.4) is 0 Å². The summed E-state index contributed by atoms with van der Waals surface area (Å²) in [7, 11) is 0. The molecule has 3 amide bonds. The van der Waals surface area contributed by atoms with Gasteiger partial charge < -0.3 is 20.7 Å². The van der Waals surface area contributed by atoms with Crippen molar-refractivity contribution in [2.45, 2.75) is 17.1 Å². The molecule has 5 rings (SSSR count). The fraction of sp³-hybridized carbons (Fsp3) is 0.0811. The molecule has 230 valence electrons. The predicted octanol–water partition coefficient (Wildman–Crippen LogP) is 7.36. The minimum Gasteiger partial charge on any atom is -0.492 e. The van der Waals surface area contributed by atoms with Gasteiger partial charge in [0.2, 0.25) is 5.91 Å². The summed E-state index contributed by atoms with van der Waals surface area (Å²) in [4.78, 5) is 45.1. The Morgan fingerprint density at radius 1 is 0.826 bits per heavy atom. The van der Waals surface area contributed by atoms with Crippen LogP contribution in [0.15, 0.2) is 144 Å². The summed E-state index contributed by atoms with van der Waals surface area (Å²) in [6, 6.07) is 36.2. The molecule has 1 aromatic heterocycles. The second kappa shape index (κ2) is 15.9. The van der Waals surface area contributed by atoms with Gasteiger partial charge in [0, 0.05) is 28.5 Å². The molecule has 0 saturated heterocycles. The minimum atomic E-state index is -0.604. The van der Waals surface area contributed by atoms with Crippen LogP contribution in [0.25, 0.3) is 6.08 Å². The van der Waals surface area contributed by atoms with Crippen molar-refractivity contribution in [2.75, 3.05) is 17.2 Å². The molecule has 0 aliphatic rings. The Hall–Kier alpha value is -5.67. The first-order valence-corrected chi connectivity index (χ1v) is 15.5. The Morgan fingerprint density at radius 2 is 1.57 bits per heavy atom. The number of ether oxygens (including phenoxy) is 1. The molecule has 0 saturated carbocycles. The highest BCUT2D eigenvalue weighted by atomic mass is 32.2. The van der Waals surface area contributed by atoms with Crippen LogP contribution in [-0.4, -0.2) is 29.3 Å². The predicted molar refractivity (Wildman–Crippen MR) is 182 cm³/mol. The lowest BCUT2D eigenvalue weighted by molar-refractivity contribution is -0.116. The molecule has 8 nitrogen and oxygen atoms in total. The molecule has 9 heteroatoms. The van der Waals surface area contributed by atoms with Gasteiger partial charge in [-0.15, -0.1) is 11.8 Å². The van der Waals surface area contributed by atoms with Crippen molar-refractivity contribution in [1.82, 2.24) is 10.3 Å². The Bertz CT molecular complexity index is 1820. The summed E-state index contributed by atoms with van der Waals surface area (Å²) in [5, 5.41) is 8.05. The topological polar surface area (TPSA) is 109 Å². The summed E-state index contributed by atoms with van der Waals surface area (Å²) in [6.45, 7) is 2.36. The summed E-state index contributed by atoms with van der Waals surface area (Å²) >= 11 is 1.35. The van der Waals surface area contributed by atoms with Crippen molar-refractivity contribution >= 4 is 46.9 Å². The number of thioether (sulfide) groups is 1. The van der Waals surface area contributed by atoms with Gasteiger partial charge in [-0.25, -0.2) is 0 Å². The van der Waals surface area contributed by atoms with E-state index < -0.39 is 17.1 Å². The first kappa shape index (κ1) is 31.7. The standard InChI is InChI=1S/C37H32N4O4S/c1-2-45-33-21-10-9-20-31(33)40-37(44)34(27-14-5-3-6-15-27)46-30-19-11-18-29(24-30)39-36(43)32(23-26-13-12-22-38-25-26)41-35(42)28-16-7-4-8-17-28/h3-25,34H,2H2,1H3,(H,39,43)(H,40,44)(H,41,42)/b32-23-. The largest absolute Gasteiger partial charge is 0.492 e. The smallest absolute Gasteiger partial charge is 0.272 e. The first-order chi connectivity index (χ1) is 22.5. The van der Waals surface area contributed by atoms with E-state index >= 15 is 0 Å². The number of amides is 3. The zero-order valence-corrected chi connectivity index (χ0v) is 25.9. The molecule has 0 bridgehead atoms. The normalized spacial score (nSPS) is 11.6. The maximum Gasteiger partial charge on any atom is 0.272 e. The van der Waals surface area contributed by atoms with Crippen LogP contribution in [0.5, 0.6) is 5.75 Å². The molecule has 46 heavy (non-hydrogen) atoms. The van der Waals surface area contributed by atoms with E-state index in [1.165, 1.54) is 11.8 Å². The van der Waals surface area contributed by atoms with E-state index in [1.807, 2.05) is 67.6 Å². The van der Waals surface area contributed by atoms with Gasteiger partial charge in [0.05, 0.1) is 12.3 Å². The van der Waals surface area contributed by atoms with E-state index in [2.05, 4.69) is 20.9 Å². The SMILES string of the molecule is CCOc1ccccc1NC(=O)C(Sc1cccc(NC(=O)/C(=C/c2cccnc2)NC(=O)c2ccccc2)c1)c1ccccc1. The molecule has 4 aromatic carbocycles. The van der Waals surface area contributed by atoms with Crippen molar-refractivity contribution in [3.05, 3.63) is 156 Å². The van der Waals surface area contributed by atoms with E-state index in [9.17, 15) is 14.4 Å². The lowest BCUT2D eigenvalue weighted by Gasteiger charge is -2.19. The highest BCUT2D eigenvalue weighted by Gasteiger charge is 2.24. The van der Waals surface area contributed by atoms with Crippen molar-refractivity contribution in [3.63, 3.8) is 0 Å². The molecular weight excluding hydrogens is 596 g/mol. The van der Waals surface area contributed by atoms with Gasteiger partial charge in [0.1, 0.15) is 16.7 Å². The van der Waals surface area contributed by atoms with E-state index in [4.69, 9.17) is 4.74 Å². The van der Waals surface area contributed by atoms with Gasteiger partial charge in [0.15, 0.2) is 0 Å². The summed E-state index contributed by atoms with van der Waals surface area (Å²) < 4.78 is 5.70. The lowest BCUT2D eigenvalue weighted by atomic mass is 10.1. The average Bonchev–Trinajstić information content (AvgIpc) is 3.09. The molecule has 0 fully saturated rings. The van der Waals surface area contributed by atoms with Crippen molar-refractivity contribution in [1.29, 1.82) is 0 Å². The Balaban J connectivity index is 1.37. The number of hydrogen-bond donors (Lipinski definition) is 3. The molecule has 1 atom stereocenters. The molecule has 3 N–H and O–H groups in total. The van der Waals surface area contributed by atoms with Crippen molar-refractivity contribution in [3.8, 4) is 5.75 Å². The minimum absolute atomic E-state index is 0.0504. The molecule has 1 unspecified atom stereocenters. The van der Waals surface area contributed by atoms with Gasteiger partial charge in [-0.1, -0.05) is 72.8 Å². The zero-order chi connectivity index (χ0) is 32.1. The maximum atomic E-state index is 13.7. The molecule has 0 spiro atoms. The molecule has 0 radical (unpaired) electrons. The highest BCUT2D eigenvalue weighted by Crippen LogP contribution is 2.38. The average molecular weight is 629 g/mol. The third-order valence-corrected chi connectivity index (χ3v) is 7.90. The van der Waals surface area contributed by atoms with E-state index in [1.54, 1.807) is 79.1 Å². The van der Waals surface area contributed by atoms with Gasteiger partial charge in [-0.3, -0.25) is 19.4 Å². The van der Waals surface area contributed by atoms with Gasteiger partial charge in [-0.2, -0.15) is 0 Å². The molecule has 5 aromatic rings. The number of anilines is 2. The summed E-state index contributed by atoms with van der Waals surface area (Å²) in [6.07, 6.45) is 4.79. The Morgan fingerprint density at radius 3 is 2.30 bits per heavy atom. The molecule has 0 aliphatic heterocycles. The number of hydrogen-bond acceptors (Lipinski definition) is 6. The zero-order valence-electron chi connectivity index (χ0n) is 25.1. The van der Waals surface area contributed by atoms with Crippen molar-refractivity contribution in [2.24, 2.45) is 0 Å². The number of carbonyl (C=O) groups is 3. The Labute approximate surface area is 271 Å². The number of aromatic nitrogens is 1. The quantitative estimate of drug-likeness (QED) is 0.0984. The number of carbonyl (C=O) groups excluding carboxylic acids is 3. The van der Waals surface area contributed by atoms with Crippen LogP contribution in [0.2, 0.25) is 0 Å². The second-order valence-electron chi connectivity index (χ2n) is 9.97. The fourth-order valence-corrected chi connectivity index (χ4v) is 5.59. The van der Waals surface area contributed by atoms with Crippen LogP contribution in [0, 0.1) is 0 Å². The van der Waals surface area contributed by atoms with Crippen molar-refractivity contribution < 1.29 is 19.1 Å². The number of pyridine rings is 1. The third-order valence-electron chi connectivity index (χ3n) is 6.66. The number of benzene rings is 4. The van der Waals surface area contributed by atoms with Gasteiger partial charge in [-0.05, 0) is 72.7 Å². The third kappa shape index (κ3) is 8.71. The highest BCUT2D eigenvalue weighted by molar-refractivity contribution is 8.00. The lowest BCUT2D eigenvalue weighted by Crippen LogP contribution is -2.30. The first-order valence-electron chi connectivity index (χ1n) is 14.6. The second-order valence-corrected chi connectivity index (χ2v) is 11.2. The molecule has 1 heterocycles. The monoisotopic (exact) mass is 628 g/mol. The summed E-state index contributed by atoms with van der Waals surface area (Å²) in [5.74, 6) is -0.560. The number of rotatable bonds is 12. The van der Waals surface area contributed by atoms with E-state index in [-0.39, 0.29) is 11.6 Å². The van der Waals surface area contributed by atoms with Crippen LogP contribution in [0.1, 0.15) is 33.7 Å². The fourth-order valence-electron chi connectivity index (χ4n) is 4.50. The Kier molecular flexibility index (Phi) is 11.0. The summed E-state index contributed by atoms with van der Waals surface area (Å²) in [5.41, 5.74) is 3.01. The van der Waals surface area contributed by atoms with Crippen LogP contribution in [0.4, 0.5) is 11.4 Å². The number of para-hydroxylation sites is 2. The van der Waals surface area contributed by atoms with Gasteiger partial charge >= 0.3 is 0 Å². The van der Waals surface area contributed by atoms with Crippen LogP contribution < -0.4 is 20.7 Å². The number of nitrogens with zero attached hydrogens (tertiary/aromatic N) is 1. The number of nitrogens with one attached hydrogen (secondary N) is 3. The van der Waals surface area contributed by atoms with Crippen LogP contribution >= 0.6 is 11.8 Å². The van der Waals surface area contributed by atoms with E-state index in [0.717, 1.165) is 10.5 Å². The van der Waals surface area contributed by atoms with E-state index in [0.29, 0.717) is 34.9 Å². The van der Waals surface area contributed by atoms with Gasteiger partial charge in [0.25, 0.3) is 11.8 Å². The molecular formula is C37H32N4O4S.